The van der Waals surface area contributed by atoms with Gasteiger partial charge in [-0.15, -0.1) is 12.4 Å². The van der Waals surface area contributed by atoms with Crippen molar-refractivity contribution in [3.8, 4) is 0 Å². The Balaban J connectivity index is 0.00000341. The van der Waals surface area contributed by atoms with E-state index < -0.39 is 0 Å². The van der Waals surface area contributed by atoms with Crippen LogP contribution in [0.2, 0.25) is 0 Å². The van der Waals surface area contributed by atoms with E-state index in [1.807, 2.05) is 24.3 Å². The van der Waals surface area contributed by atoms with Gasteiger partial charge in [-0.25, -0.2) is 4.98 Å². The SMILES string of the molecule is CCCCCCCCC(=O)Nc1ccc2c(c1)nc(N)n2CCCc1ccccc1.Cl. The lowest BCUT2D eigenvalue weighted by Gasteiger charge is -2.08. The first kappa shape index (κ1) is 24.7. The number of hydrogen-bond acceptors (Lipinski definition) is 3. The van der Waals surface area contributed by atoms with Crippen molar-refractivity contribution in [3.63, 3.8) is 0 Å². The monoisotopic (exact) mass is 442 g/mol. The minimum atomic E-state index is 0. The van der Waals surface area contributed by atoms with E-state index in [2.05, 4.69) is 46.1 Å². The molecule has 6 heteroatoms. The Hall–Kier alpha value is -2.53. The molecule has 0 saturated heterocycles. The zero-order valence-corrected chi connectivity index (χ0v) is 19.3. The number of rotatable bonds is 12. The molecule has 0 spiro atoms. The first-order valence-electron chi connectivity index (χ1n) is 11.3. The molecular weight excluding hydrogens is 408 g/mol. The van der Waals surface area contributed by atoms with Crippen LogP contribution in [-0.2, 0) is 17.8 Å². The van der Waals surface area contributed by atoms with Crippen LogP contribution in [0.1, 0.15) is 63.9 Å². The average molecular weight is 443 g/mol. The zero-order chi connectivity index (χ0) is 21.2. The van der Waals surface area contributed by atoms with Gasteiger partial charge in [-0.05, 0) is 43.0 Å². The summed E-state index contributed by atoms with van der Waals surface area (Å²) in [5, 5.41) is 3.00. The number of carbonyl (C=O) groups excluding carboxylic acids is 1. The molecule has 3 rings (SSSR count). The summed E-state index contributed by atoms with van der Waals surface area (Å²) in [5.41, 5.74) is 10.1. The number of nitrogens with two attached hydrogens (primary N) is 1. The van der Waals surface area contributed by atoms with Gasteiger partial charge in [-0.1, -0.05) is 69.4 Å². The highest BCUT2D eigenvalue weighted by molar-refractivity contribution is 5.93. The molecule has 3 aromatic rings. The molecule has 0 saturated carbocycles. The number of fused-ring (bicyclic) bond motifs is 1. The van der Waals surface area contributed by atoms with Crippen molar-refractivity contribution in [2.24, 2.45) is 0 Å². The van der Waals surface area contributed by atoms with Gasteiger partial charge in [0.2, 0.25) is 11.9 Å². The third kappa shape index (κ3) is 7.59. The second kappa shape index (κ2) is 13.0. The number of amides is 1. The third-order valence-electron chi connectivity index (χ3n) is 5.51. The molecule has 5 nitrogen and oxygen atoms in total. The molecule has 0 aliphatic carbocycles. The largest absolute Gasteiger partial charge is 0.369 e. The number of anilines is 2. The average Bonchev–Trinajstić information content (AvgIpc) is 3.06. The molecule has 0 atom stereocenters. The Morgan fingerprint density at radius 1 is 1.00 bits per heavy atom. The highest BCUT2D eigenvalue weighted by Gasteiger charge is 2.10. The topological polar surface area (TPSA) is 72.9 Å². The van der Waals surface area contributed by atoms with Gasteiger partial charge in [-0.2, -0.15) is 0 Å². The van der Waals surface area contributed by atoms with Crippen LogP contribution >= 0.6 is 12.4 Å². The summed E-state index contributed by atoms with van der Waals surface area (Å²) in [6, 6.07) is 16.3. The molecule has 31 heavy (non-hydrogen) atoms. The lowest BCUT2D eigenvalue weighted by Crippen LogP contribution is -2.11. The van der Waals surface area contributed by atoms with Gasteiger partial charge in [-0.3, -0.25) is 4.79 Å². The van der Waals surface area contributed by atoms with Crippen LogP contribution in [0, 0.1) is 0 Å². The number of unbranched alkanes of at least 4 members (excludes halogenated alkanes) is 5. The molecule has 1 amide bonds. The normalized spacial score (nSPS) is 10.7. The highest BCUT2D eigenvalue weighted by atomic mass is 35.5. The molecule has 0 radical (unpaired) electrons. The van der Waals surface area contributed by atoms with E-state index in [0.29, 0.717) is 12.4 Å². The first-order valence-corrected chi connectivity index (χ1v) is 11.3. The zero-order valence-electron chi connectivity index (χ0n) is 18.5. The maximum atomic E-state index is 12.2. The molecule has 1 heterocycles. The Labute approximate surface area is 191 Å². The van der Waals surface area contributed by atoms with Crippen LogP contribution < -0.4 is 11.1 Å². The molecule has 0 bridgehead atoms. The standard InChI is InChI=1S/C25H34N4O.ClH/c1-2-3-4-5-6-10-15-24(30)27-21-16-17-23-22(19-21)28-25(26)29(23)18-11-14-20-12-8-7-9-13-20;/h7-9,12-13,16-17,19H,2-6,10-11,14-15,18H2,1H3,(H2,26,28)(H,27,30);1H. The molecule has 0 fully saturated rings. The van der Waals surface area contributed by atoms with Crippen molar-refractivity contribution in [2.75, 3.05) is 11.1 Å². The molecule has 0 aliphatic heterocycles. The Morgan fingerprint density at radius 2 is 1.74 bits per heavy atom. The molecule has 0 aliphatic rings. The fraction of sp³-hybridized carbons (Fsp3) is 0.440. The number of aryl methyl sites for hydroxylation is 2. The molecule has 3 N–H and O–H groups in total. The fourth-order valence-electron chi connectivity index (χ4n) is 3.84. The first-order chi connectivity index (χ1) is 14.7. The number of imidazole rings is 1. The lowest BCUT2D eigenvalue weighted by atomic mass is 10.1. The number of nitrogens with one attached hydrogen (secondary N) is 1. The number of hydrogen-bond donors (Lipinski definition) is 2. The van der Waals surface area contributed by atoms with Crippen molar-refractivity contribution in [1.29, 1.82) is 0 Å². The highest BCUT2D eigenvalue weighted by Crippen LogP contribution is 2.23. The van der Waals surface area contributed by atoms with Gasteiger partial charge < -0.3 is 15.6 Å². The summed E-state index contributed by atoms with van der Waals surface area (Å²) in [4.78, 5) is 16.7. The Bertz CT molecular complexity index is 939. The summed E-state index contributed by atoms with van der Waals surface area (Å²) in [5.74, 6) is 0.591. The second-order valence-corrected chi connectivity index (χ2v) is 7.98. The van der Waals surface area contributed by atoms with Gasteiger partial charge in [0.1, 0.15) is 0 Å². The van der Waals surface area contributed by atoms with E-state index in [4.69, 9.17) is 5.73 Å². The summed E-state index contributed by atoms with van der Waals surface area (Å²) >= 11 is 0. The summed E-state index contributed by atoms with van der Waals surface area (Å²) in [7, 11) is 0. The maximum Gasteiger partial charge on any atom is 0.224 e. The second-order valence-electron chi connectivity index (χ2n) is 7.98. The lowest BCUT2D eigenvalue weighted by molar-refractivity contribution is -0.116. The van der Waals surface area contributed by atoms with Crippen LogP contribution in [0.3, 0.4) is 0 Å². The quantitative estimate of drug-likeness (QED) is 0.320. The number of benzene rings is 2. The van der Waals surface area contributed by atoms with E-state index in [-0.39, 0.29) is 18.3 Å². The van der Waals surface area contributed by atoms with E-state index >= 15 is 0 Å². The summed E-state index contributed by atoms with van der Waals surface area (Å²) < 4.78 is 2.06. The van der Waals surface area contributed by atoms with Crippen molar-refractivity contribution in [3.05, 3.63) is 54.1 Å². The Kier molecular flexibility index (Phi) is 10.4. The summed E-state index contributed by atoms with van der Waals surface area (Å²) in [6.07, 6.45) is 9.66. The predicted molar refractivity (Wildman–Crippen MR) is 133 cm³/mol. The number of carbonyl (C=O) groups is 1. The van der Waals surface area contributed by atoms with E-state index in [1.165, 1.54) is 31.2 Å². The number of nitrogens with zero attached hydrogens (tertiary/aromatic N) is 2. The van der Waals surface area contributed by atoms with Gasteiger partial charge in [0.25, 0.3) is 0 Å². The van der Waals surface area contributed by atoms with E-state index in [9.17, 15) is 4.79 Å². The number of aromatic nitrogens is 2. The van der Waals surface area contributed by atoms with Crippen molar-refractivity contribution in [1.82, 2.24) is 9.55 Å². The molecule has 168 valence electrons. The smallest absolute Gasteiger partial charge is 0.224 e. The minimum absolute atomic E-state index is 0. The summed E-state index contributed by atoms with van der Waals surface area (Å²) in [6.45, 7) is 3.03. The number of halogens is 1. The van der Waals surface area contributed by atoms with Gasteiger partial charge in [0, 0.05) is 18.7 Å². The minimum Gasteiger partial charge on any atom is -0.369 e. The third-order valence-corrected chi connectivity index (χ3v) is 5.51. The molecule has 1 aromatic heterocycles. The van der Waals surface area contributed by atoms with Gasteiger partial charge >= 0.3 is 0 Å². The van der Waals surface area contributed by atoms with Gasteiger partial charge in [0.05, 0.1) is 11.0 Å². The van der Waals surface area contributed by atoms with Crippen LogP contribution in [-0.4, -0.2) is 15.5 Å². The van der Waals surface area contributed by atoms with Crippen LogP contribution in [0.5, 0.6) is 0 Å². The van der Waals surface area contributed by atoms with Crippen molar-refractivity contribution >= 4 is 41.0 Å². The number of nitrogen functional groups attached to an aromatic ring is 1. The van der Waals surface area contributed by atoms with Gasteiger partial charge in [0.15, 0.2) is 0 Å². The van der Waals surface area contributed by atoms with Crippen LogP contribution in [0.15, 0.2) is 48.5 Å². The van der Waals surface area contributed by atoms with Crippen molar-refractivity contribution in [2.45, 2.75) is 71.3 Å². The maximum absolute atomic E-state index is 12.2. The Morgan fingerprint density at radius 3 is 2.52 bits per heavy atom. The predicted octanol–water partition coefficient (Wildman–Crippen LogP) is 6.36. The fourth-order valence-corrected chi connectivity index (χ4v) is 3.84. The van der Waals surface area contributed by atoms with E-state index in [0.717, 1.165) is 48.9 Å². The van der Waals surface area contributed by atoms with Crippen LogP contribution in [0.4, 0.5) is 11.6 Å². The molecular formula is C25H35ClN4O. The van der Waals surface area contributed by atoms with Crippen molar-refractivity contribution < 1.29 is 4.79 Å². The molecule has 2 aromatic carbocycles. The molecule has 0 unspecified atom stereocenters. The van der Waals surface area contributed by atoms with E-state index in [1.54, 1.807) is 0 Å². The van der Waals surface area contributed by atoms with Crippen LogP contribution in [0.25, 0.3) is 11.0 Å².